The maximum absolute atomic E-state index is 7.36. The molecular formula is C51H32N4O. The van der Waals surface area contributed by atoms with E-state index in [1.165, 1.54) is 22.3 Å². The van der Waals surface area contributed by atoms with Crippen LogP contribution in [-0.4, -0.2) is 19.9 Å². The normalized spacial score (nSPS) is 12.9. The Hall–Kier alpha value is -7.50. The molecule has 0 unspecified atom stereocenters. The Balaban J connectivity index is 1.19. The number of aromatic nitrogens is 4. The van der Waals surface area contributed by atoms with E-state index in [1.54, 1.807) is 6.20 Å². The molecule has 7 aromatic carbocycles. The smallest absolute Gasteiger partial charge is 0.167 e. The number of rotatable bonds is 5. The van der Waals surface area contributed by atoms with Gasteiger partial charge in [0, 0.05) is 40.2 Å². The summed E-state index contributed by atoms with van der Waals surface area (Å²) in [6.07, 6.45) is 3.70. The third-order valence-corrected chi connectivity index (χ3v) is 11.1. The summed E-state index contributed by atoms with van der Waals surface area (Å²) < 4.78 is 7.36. The van der Waals surface area contributed by atoms with Crippen LogP contribution in [-0.2, 0) is 5.41 Å². The molecule has 5 nitrogen and oxygen atoms in total. The first-order valence-corrected chi connectivity index (χ1v) is 18.8. The van der Waals surface area contributed by atoms with Gasteiger partial charge in [0.25, 0.3) is 0 Å². The van der Waals surface area contributed by atoms with Crippen molar-refractivity contribution in [2.24, 2.45) is 0 Å². The third-order valence-electron chi connectivity index (χ3n) is 11.1. The molecule has 262 valence electrons. The molecule has 1 aliphatic carbocycles. The lowest BCUT2D eigenvalue weighted by Gasteiger charge is -2.40. The highest BCUT2D eigenvalue weighted by atomic mass is 16.5. The van der Waals surface area contributed by atoms with Gasteiger partial charge in [0.15, 0.2) is 17.5 Å². The molecular weight excluding hydrogens is 685 g/mol. The minimum atomic E-state index is -0.671. The van der Waals surface area contributed by atoms with E-state index in [1.807, 2.05) is 72.9 Å². The van der Waals surface area contributed by atoms with E-state index in [0.717, 1.165) is 61.6 Å². The predicted octanol–water partition coefficient (Wildman–Crippen LogP) is 12.1. The second kappa shape index (κ2) is 12.8. The van der Waals surface area contributed by atoms with Gasteiger partial charge in [0.2, 0.25) is 0 Å². The number of benzene rings is 7. The molecule has 0 atom stereocenters. The highest BCUT2D eigenvalue weighted by molar-refractivity contribution is 5.92. The molecule has 2 aromatic heterocycles. The van der Waals surface area contributed by atoms with Crippen LogP contribution >= 0.6 is 0 Å². The molecule has 1 spiro atoms. The topological polar surface area (TPSA) is 60.8 Å². The molecule has 0 bridgehead atoms. The van der Waals surface area contributed by atoms with Gasteiger partial charge in [-0.1, -0.05) is 170 Å². The summed E-state index contributed by atoms with van der Waals surface area (Å²) in [6.45, 7) is 0. The minimum absolute atomic E-state index is 0.547. The zero-order valence-electron chi connectivity index (χ0n) is 30.2. The van der Waals surface area contributed by atoms with Crippen LogP contribution in [0.5, 0.6) is 11.5 Å². The van der Waals surface area contributed by atoms with Gasteiger partial charge in [-0.3, -0.25) is 4.98 Å². The molecule has 9 aromatic rings. The lowest BCUT2D eigenvalue weighted by Crippen LogP contribution is -2.32. The predicted molar refractivity (Wildman–Crippen MR) is 222 cm³/mol. The monoisotopic (exact) mass is 716 g/mol. The fourth-order valence-electron chi connectivity index (χ4n) is 8.66. The van der Waals surface area contributed by atoms with Crippen molar-refractivity contribution in [3.8, 4) is 79.0 Å². The van der Waals surface area contributed by atoms with Crippen LogP contribution in [0.4, 0.5) is 0 Å². The fourth-order valence-corrected chi connectivity index (χ4v) is 8.66. The minimum Gasteiger partial charge on any atom is -0.455 e. The van der Waals surface area contributed by atoms with Gasteiger partial charge >= 0.3 is 0 Å². The van der Waals surface area contributed by atoms with Gasteiger partial charge in [-0.2, -0.15) is 0 Å². The van der Waals surface area contributed by atoms with Gasteiger partial charge in [0.05, 0.1) is 11.0 Å². The molecule has 56 heavy (non-hydrogen) atoms. The van der Waals surface area contributed by atoms with Crippen molar-refractivity contribution in [1.82, 2.24) is 19.9 Å². The molecule has 1 aliphatic heterocycles. The summed E-state index contributed by atoms with van der Waals surface area (Å²) in [4.78, 5) is 19.7. The van der Waals surface area contributed by atoms with Gasteiger partial charge in [0.1, 0.15) is 11.5 Å². The highest BCUT2D eigenvalue weighted by Gasteiger charge is 2.52. The molecule has 0 saturated heterocycles. The Kier molecular flexibility index (Phi) is 7.32. The lowest BCUT2D eigenvalue weighted by atomic mass is 9.65. The molecule has 0 radical (unpaired) electrons. The van der Waals surface area contributed by atoms with E-state index < -0.39 is 5.41 Å². The van der Waals surface area contributed by atoms with Crippen LogP contribution in [0.15, 0.2) is 194 Å². The standard InChI is InChI=1S/C51H32N4O/c1-3-14-35(15-4-1)48-53-49(36-16-5-2-6-17-36)55-50(54-48)41-22-12-26-45-47(41)56-46-38(34-29-27-33(28-30-34)37-18-13-31-52-32-37)21-11-25-44(46)51(45)42-23-9-7-19-39(42)40-20-8-10-24-43(40)51/h1-32H. The third kappa shape index (κ3) is 4.88. The molecule has 2 aliphatic rings. The van der Waals surface area contributed by atoms with Crippen LogP contribution in [0.25, 0.3) is 67.5 Å². The van der Waals surface area contributed by atoms with Crippen molar-refractivity contribution in [2.75, 3.05) is 0 Å². The van der Waals surface area contributed by atoms with E-state index in [-0.39, 0.29) is 0 Å². The summed E-state index contributed by atoms with van der Waals surface area (Å²) >= 11 is 0. The van der Waals surface area contributed by atoms with E-state index in [4.69, 9.17) is 19.7 Å². The summed E-state index contributed by atoms with van der Waals surface area (Å²) in [5, 5.41) is 0. The van der Waals surface area contributed by atoms with Gasteiger partial charge in [-0.05, 0) is 51.1 Å². The molecule has 0 saturated carbocycles. The second-order valence-electron chi connectivity index (χ2n) is 14.2. The Labute approximate surface area is 324 Å². The number of ether oxygens (including phenoxy) is 1. The van der Waals surface area contributed by atoms with Crippen molar-refractivity contribution in [3.05, 3.63) is 217 Å². The number of nitrogens with zero attached hydrogens (tertiary/aromatic N) is 4. The first-order chi connectivity index (χ1) is 27.8. The van der Waals surface area contributed by atoms with Gasteiger partial charge in [-0.15, -0.1) is 0 Å². The van der Waals surface area contributed by atoms with Crippen LogP contribution in [0, 0.1) is 0 Å². The molecule has 3 heterocycles. The molecule has 5 heteroatoms. The zero-order valence-corrected chi connectivity index (χ0v) is 30.2. The molecule has 0 N–H and O–H groups in total. The van der Waals surface area contributed by atoms with Crippen LogP contribution < -0.4 is 4.74 Å². The summed E-state index contributed by atoms with van der Waals surface area (Å²) in [5.74, 6) is 3.29. The summed E-state index contributed by atoms with van der Waals surface area (Å²) in [6, 6.07) is 63.5. The summed E-state index contributed by atoms with van der Waals surface area (Å²) in [7, 11) is 0. The lowest BCUT2D eigenvalue weighted by molar-refractivity contribution is 0.439. The average molecular weight is 717 g/mol. The molecule has 11 rings (SSSR count). The van der Waals surface area contributed by atoms with Gasteiger partial charge in [-0.25, -0.2) is 15.0 Å². The highest BCUT2D eigenvalue weighted by Crippen LogP contribution is 2.64. The fraction of sp³-hybridized carbons (Fsp3) is 0.0196. The number of hydrogen-bond donors (Lipinski definition) is 0. The van der Waals surface area contributed by atoms with Crippen LogP contribution in [0.3, 0.4) is 0 Å². The Morgan fingerprint density at radius 1 is 0.321 bits per heavy atom. The number of pyridine rings is 1. The maximum atomic E-state index is 7.36. The molecule has 0 fully saturated rings. The van der Waals surface area contributed by atoms with E-state index >= 15 is 0 Å². The van der Waals surface area contributed by atoms with Crippen LogP contribution in [0.1, 0.15) is 22.3 Å². The Morgan fingerprint density at radius 2 is 0.786 bits per heavy atom. The van der Waals surface area contributed by atoms with Crippen molar-refractivity contribution >= 4 is 0 Å². The van der Waals surface area contributed by atoms with E-state index in [2.05, 4.69) is 120 Å². The SMILES string of the molecule is c1ccc(-c2nc(-c3ccccc3)nc(-c3cccc4c3Oc3c(-c5ccc(-c6cccnc6)cc5)cccc3C43c4ccccc4-c4ccccc43)n2)cc1. The number of hydrogen-bond acceptors (Lipinski definition) is 5. The Bertz CT molecular complexity index is 2830. The quantitative estimate of drug-likeness (QED) is 0.177. The number of para-hydroxylation sites is 2. The summed E-state index contributed by atoms with van der Waals surface area (Å²) in [5.41, 5.74) is 13.2. The molecule has 0 amide bonds. The maximum Gasteiger partial charge on any atom is 0.167 e. The average Bonchev–Trinajstić information content (AvgIpc) is 3.57. The number of fused-ring (bicyclic) bond motifs is 9. The Morgan fingerprint density at radius 3 is 1.38 bits per heavy atom. The first-order valence-electron chi connectivity index (χ1n) is 18.8. The largest absolute Gasteiger partial charge is 0.455 e. The van der Waals surface area contributed by atoms with Gasteiger partial charge < -0.3 is 4.74 Å². The van der Waals surface area contributed by atoms with Crippen molar-refractivity contribution in [1.29, 1.82) is 0 Å². The van der Waals surface area contributed by atoms with E-state index in [0.29, 0.717) is 17.5 Å². The van der Waals surface area contributed by atoms with E-state index in [9.17, 15) is 0 Å². The van der Waals surface area contributed by atoms with Crippen LogP contribution in [0.2, 0.25) is 0 Å². The van der Waals surface area contributed by atoms with Crippen molar-refractivity contribution in [2.45, 2.75) is 5.41 Å². The van der Waals surface area contributed by atoms with Crippen molar-refractivity contribution < 1.29 is 4.74 Å². The first kappa shape index (κ1) is 32.0. The second-order valence-corrected chi connectivity index (χ2v) is 14.2. The van der Waals surface area contributed by atoms with Crippen molar-refractivity contribution in [3.63, 3.8) is 0 Å². The zero-order chi connectivity index (χ0) is 37.1.